The molecule has 4 rings (SSSR count). The number of para-hydroxylation sites is 1. The van der Waals surface area contributed by atoms with Crippen LogP contribution in [0.2, 0.25) is 0 Å². The van der Waals surface area contributed by atoms with E-state index in [-0.39, 0.29) is 18.2 Å². The Kier molecular flexibility index (Phi) is 4.27. The summed E-state index contributed by atoms with van der Waals surface area (Å²) in [6.07, 6.45) is 0.736. The number of aryl methyl sites for hydroxylation is 1. The Morgan fingerprint density at radius 3 is 2.54 bits per heavy atom. The molecule has 0 fully saturated rings. The van der Waals surface area contributed by atoms with Crippen LogP contribution >= 0.6 is 0 Å². The van der Waals surface area contributed by atoms with E-state index in [1.807, 2.05) is 31.2 Å². The highest BCUT2D eigenvalue weighted by atomic mass is 35.5. The van der Waals surface area contributed by atoms with E-state index < -0.39 is 0 Å². The van der Waals surface area contributed by atoms with Crippen LogP contribution < -0.4 is 17.7 Å². The van der Waals surface area contributed by atoms with Gasteiger partial charge in [-0.15, -0.1) is 0 Å². The van der Waals surface area contributed by atoms with Gasteiger partial charge in [-0.25, -0.2) is 9.97 Å². The average molecular weight is 341 g/mol. The zero-order valence-corrected chi connectivity index (χ0v) is 13.7. The van der Waals surface area contributed by atoms with Crippen LogP contribution in [-0.2, 0) is 6.42 Å². The highest BCUT2D eigenvalue weighted by Gasteiger charge is 2.15. The lowest BCUT2D eigenvalue weighted by Gasteiger charge is -2.07. The van der Waals surface area contributed by atoms with Crippen LogP contribution in [0.5, 0.6) is 5.75 Å². The highest BCUT2D eigenvalue weighted by molar-refractivity contribution is 6.06. The molecule has 0 aliphatic heterocycles. The van der Waals surface area contributed by atoms with Gasteiger partial charge in [0.05, 0.1) is 0 Å². The van der Waals surface area contributed by atoms with E-state index >= 15 is 0 Å². The van der Waals surface area contributed by atoms with Crippen LogP contribution in [0.4, 0.5) is 11.5 Å². The van der Waals surface area contributed by atoms with E-state index in [4.69, 9.17) is 4.42 Å². The molecule has 6 heteroatoms. The van der Waals surface area contributed by atoms with Crippen LogP contribution in [0.3, 0.4) is 0 Å². The van der Waals surface area contributed by atoms with Crippen LogP contribution in [0.1, 0.15) is 12.7 Å². The predicted octanol–water partition coefficient (Wildman–Crippen LogP) is 1.39. The zero-order valence-electron chi connectivity index (χ0n) is 13.0. The third-order valence-corrected chi connectivity index (χ3v) is 3.71. The Morgan fingerprint density at radius 2 is 1.79 bits per heavy atom. The predicted molar refractivity (Wildman–Crippen MR) is 90.1 cm³/mol. The second-order valence-corrected chi connectivity index (χ2v) is 5.29. The van der Waals surface area contributed by atoms with E-state index in [1.54, 1.807) is 24.3 Å². The van der Waals surface area contributed by atoms with Crippen molar-refractivity contribution < 1.29 is 21.9 Å². The fourth-order valence-electron chi connectivity index (χ4n) is 2.56. The maximum atomic E-state index is 9.40. The lowest BCUT2D eigenvalue weighted by atomic mass is 10.2. The summed E-state index contributed by atoms with van der Waals surface area (Å²) in [5.74, 6) is 1.61. The molecular weight excluding hydrogens is 326 g/mol. The third-order valence-electron chi connectivity index (χ3n) is 3.71. The van der Waals surface area contributed by atoms with Gasteiger partial charge >= 0.3 is 0 Å². The van der Waals surface area contributed by atoms with Gasteiger partial charge in [0.25, 0.3) is 0 Å². The molecule has 0 spiro atoms. The van der Waals surface area contributed by atoms with E-state index in [0.29, 0.717) is 11.4 Å². The summed E-state index contributed by atoms with van der Waals surface area (Å²) in [7, 11) is 0. The molecule has 122 valence electrons. The van der Waals surface area contributed by atoms with Gasteiger partial charge in [-0.1, -0.05) is 19.1 Å². The molecule has 2 aromatic carbocycles. The zero-order chi connectivity index (χ0) is 15.8. The number of phenolic OH excluding ortho intramolecular Hbond substituents is 1. The second kappa shape index (κ2) is 6.37. The molecule has 5 nitrogen and oxygen atoms in total. The minimum atomic E-state index is 0. The van der Waals surface area contributed by atoms with Crippen LogP contribution in [0.15, 0.2) is 52.9 Å². The minimum Gasteiger partial charge on any atom is -1.00 e. The summed E-state index contributed by atoms with van der Waals surface area (Å²) < 4.78 is 5.94. The van der Waals surface area contributed by atoms with Crippen molar-refractivity contribution in [2.75, 3.05) is 5.32 Å². The molecule has 4 aromatic rings. The molecule has 24 heavy (non-hydrogen) atoms. The molecule has 0 aliphatic carbocycles. The van der Waals surface area contributed by atoms with Crippen molar-refractivity contribution in [3.05, 3.63) is 54.4 Å². The Hall–Kier alpha value is -2.79. The number of halogens is 1. The van der Waals surface area contributed by atoms with E-state index in [0.717, 1.165) is 34.4 Å². The number of nitrogens with zero attached hydrogens (tertiary/aromatic N) is 2. The molecule has 0 radical (unpaired) electrons. The first kappa shape index (κ1) is 16.1. The molecule has 0 saturated heterocycles. The number of anilines is 2. The topological polar surface area (TPSA) is 71.2 Å². The van der Waals surface area contributed by atoms with Crippen molar-refractivity contribution in [2.45, 2.75) is 13.3 Å². The van der Waals surface area contributed by atoms with Gasteiger partial charge in [-0.2, -0.15) is 0 Å². The smallest absolute Gasteiger partial charge is 0.196 e. The van der Waals surface area contributed by atoms with Crippen LogP contribution in [-0.4, -0.2) is 15.1 Å². The van der Waals surface area contributed by atoms with Gasteiger partial charge in [0.15, 0.2) is 11.4 Å². The van der Waals surface area contributed by atoms with Gasteiger partial charge in [0.1, 0.15) is 22.7 Å². The molecule has 0 amide bonds. The molecule has 0 atom stereocenters. The van der Waals surface area contributed by atoms with Gasteiger partial charge in [-0.3, -0.25) is 0 Å². The maximum absolute atomic E-state index is 9.40. The number of nitrogens with one attached hydrogen (secondary N) is 1. The fourth-order valence-corrected chi connectivity index (χ4v) is 2.56. The lowest BCUT2D eigenvalue weighted by molar-refractivity contribution is -0.00000620. The largest absolute Gasteiger partial charge is 1.00 e. The number of fused-ring (bicyclic) bond motifs is 3. The number of hydrogen-bond acceptors (Lipinski definition) is 5. The number of benzene rings is 2. The molecule has 2 aromatic heterocycles. The number of phenols is 1. The Morgan fingerprint density at radius 1 is 1.04 bits per heavy atom. The van der Waals surface area contributed by atoms with Gasteiger partial charge < -0.3 is 27.2 Å². The molecule has 0 saturated carbocycles. The molecule has 2 heterocycles. The number of rotatable bonds is 3. The quantitative estimate of drug-likeness (QED) is 0.552. The highest BCUT2D eigenvalue weighted by Crippen LogP contribution is 2.32. The number of hydrogen-bond donors (Lipinski definition) is 2. The Labute approximate surface area is 144 Å². The van der Waals surface area contributed by atoms with Gasteiger partial charge in [0, 0.05) is 17.5 Å². The van der Waals surface area contributed by atoms with E-state index in [2.05, 4.69) is 15.3 Å². The molecule has 0 bridgehead atoms. The molecule has 0 aliphatic rings. The Bertz CT molecular complexity index is 996. The van der Waals surface area contributed by atoms with Crippen molar-refractivity contribution in [3.8, 4) is 5.75 Å². The van der Waals surface area contributed by atoms with Crippen LogP contribution in [0, 0.1) is 0 Å². The summed E-state index contributed by atoms with van der Waals surface area (Å²) in [6.45, 7) is 2.02. The first-order valence-electron chi connectivity index (χ1n) is 7.49. The van der Waals surface area contributed by atoms with Crippen molar-refractivity contribution >= 4 is 33.6 Å². The number of aromatic hydroxyl groups is 1. The standard InChI is InChI=1S/C18H15N3O2.ClH/c1-2-15-20-16-13-5-3-4-6-14(13)23-17(16)18(21-15)19-11-7-9-12(22)10-8-11;/h3-10,22H,2H2,1H3,(H,19,20,21);1H/p-1. The Balaban J connectivity index is 0.00000169. The van der Waals surface area contributed by atoms with Crippen molar-refractivity contribution in [1.82, 2.24) is 9.97 Å². The summed E-state index contributed by atoms with van der Waals surface area (Å²) in [6, 6.07) is 14.7. The van der Waals surface area contributed by atoms with E-state index in [1.165, 1.54) is 0 Å². The third kappa shape index (κ3) is 2.74. The van der Waals surface area contributed by atoms with E-state index in [9.17, 15) is 5.11 Å². The summed E-state index contributed by atoms with van der Waals surface area (Å²) in [5, 5.41) is 13.6. The van der Waals surface area contributed by atoms with Gasteiger partial charge in [-0.05, 0) is 36.4 Å². The molecule has 0 unspecified atom stereocenters. The van der Waals surface area contributed by atoms with Gasteiger partial charge in [0.2, 0.25) is 0 Å². The van der Waals surface area contributed by atoms with Crippen molar-refractivity contribution in [2.24, 2.45) is 0 Å². The molecular formula is C18H15ClN3O2-. The lowest BCUT2D eigenvalue weighted by Crippen LogP contribution is -3.00. The summed E-state index contributed by atoms with van der Waals surface area (Å²) in [5.41, 5.74) is 3.06. The molecule has 2 N–H and O–H groups in total. The van der Waals surface area contributed by atoms with Crippen molar-refractivity contribution in [3.63, 3.8) is 0 Å². The SMILES string of the molecule is CCc1nc(Nc2ccc(O)cc2)c2oc3ccccc3c2n1.[Cl-]. The summed E-state index contributed by atoms with van der Waals surface area (Å²) >= 11 is 0. The fraction of sp³-hybridized carbons (Fsp3) is 0.111. The summed E-state index contributed by atoms with van der Waals surface area (Å²) in [4.78, 5) is 9.17. The second-order valence-electron chi connectivity index (χ2n) is 5.29. The first-order valence-corrected chi connectivity index (χ1v) is 7.49. The van der Waals surface area contributed by atoms with Crippen molar-refractivity contribution in [1.29, 1.82) is 0 Å². The number of furan rings is 1. The number of aromatic nitrogens is 2. The minimum absolute atomic E-state index is 0. The first-order chi connectivity index (χ1) is 11.2. The average Bonchev–Trinajstić information content (AvgIpc) is 2.96. The monoisotopic (exact) mass is 340 g/mol. The maximum Gasteiger partial charge on any atom is 0.196 e. The van der Waals surface area contributed by atoms with Crippen LogP contribution in [0.25, 0.3) is 22.1 Å². The normalized spacial score (nSPS) is 10.7.